The number of pyridine rings is 1. The van der Waals surface area contributed by atoms with Crippen LogP contribution in [-0.2, 0) is 4.74 Å². The first-order valence-electron chi connectivity index (χ1n) is 8.09. The fourth-order valence-corrected chi connectivity index (χ4v) is 3.99. The molecule has 1 N–H and O–H groups in total. The van der Waals surface area contributed by atoms with E-state index in [1.807, 2.05) is 17.5 Å². The number of aliphatic hydroxyl groups is 1. The zero-order chi connectivity index (χ0) is 18.1. The molecule has 0 fully saturated rings. The average molecular weight is 371 g/mol. The maximum atomic E-state index is 14.4. The van der Waals surface area contributed by atoms with Gasteiger partial charge < -0.3 is 9.84 Å². The Morgan fingerprint density at radius 1 is 1.19 bits per heavy atom. The molecule has 132 valence electrons. The van der Waals surface area contributed by atoms with E-state index in [2.05, 4.69) is 4.98 Å². The first-order chi connectivity index (χ1) is 12.6. The van der Waals surface area contributed by atoms with E-state index in [1.165, 1.54) is 12.1 Å². The molecule has 1 aromatic carbocycles. The van der Waals surface area contributed by atoms with Crippen LogP contribution in [0, 0.1) is 11.6 Å². The second-order valence-electron chi connectivity index (χ2n) is 5.98. The van der Waals surface area contributed by atoms with Crippen molar-refractivity contribution in [3.63, 3.8) is 0 Å². The number of halogens is 2. The summed E-state index contributed by atoms with van der Waals surface area (Å²) in [6.07, 6.45) is 2.19. The maximum Gasteiger partial charge on any atom is 0.137 e. The van der Waals surface area contributed by atoms with Crippen LogP contribution >= 0.6 is 11.3 Å². The van der Waals surface area contributed by atoms with E-state index >= 15 is 0 Å². The molecule has 0 amide bonds. The normalized spacial score (nSPS) is 18.0. The van der Waals surface area contributed by atoms with Crippen LogP contribution in [0.1, 0.15) is 28.0 Å². The molecule has 1 aliphatic heterocycles. The third kappa shape index (κ3) is 3.02. The zero-order valence-electron chi connectivity index (χ0n) is 13.6. The van der Waals surface area contributed by atoms with Crippen molar-refractivity contribution in [3.05, 3.63) is 93.4 Å². The van der Waals surface area contributed by atoms with E-state index in [-0.39, 0.29) is 17.2 Å². The molecule has 1 aliphatic rings. The number of benzene rings is 1. The molecule has 2 aromatic heterocycles. The topological polar surface area (TPSA) is 42.4 Å². The number of aromatic nitrogens is 1. The summed E-state index contributed by atoms with van der Waals surface area (Å²) < 4.78 is 33.5. The van der Waals surface area contributed by atoms with E-state index in [9.17, 15) is 13.9 Å². The fourth-order valence-electron chi connectivity index (χ4n) is 3.16. The molecule has 0 aliphatic carbocycles. The maximum absolute atomic E-state index is 14.4. The SMILES string of the molecule is OC(C1=C(c2ccc(F)cc2F)OCC1c1cccs1)c1cccnc1. The summed E-state index contributed by atoms with van der Waals surface area (Å²) in [6.45, 7) is 0.291. The Labute approximate surface area is 153 Å². The van der Waals surface area contributed by atoms with Gasteiger partial charge in [0.2, 0.25) is 0 Å². The Morgan fingerprint density at radius 2 is 2.08 bits per heavy atom. The summed E-state index contributed by atoms with van der Waals surface area (Å²) >= 11 is 1.55. The van der Waals surface area contributed by atoms with Gasteiger partial charge in [0.05, 0.1) is 18.1 Å². The quantitative estimate of drug-likeness (QED) is 0.724. The van der Waals surface area contributed by atoms with Crippen LogP contribution in [-0.4, -0.2) is 16.7 Å². The van der Waals surface area contributed by atoms with Crippen LogP contribution in [0.5, 0.6) is 0 Å². The first-order valence-corrected chi connectivity index (χ1v) is 8.97. The summed E-state index contributed by atoms with van der Waals surface area (Å²) in [6, 6.07) is 10.7. The van der Waals surface area contributed by atoms with Gasteiger partial charge in [-0.1, -0.05) is 12.1 Å². The number of aliphatic hydroxyl groups excluding tert-OH is 1. The Bertz CT molecular complexity index is 942. The van der Waals surface area contributed by atoms with Crippen LogP contribution < -0.4 is 0 Å². The molecule has 0 spiro atoms. The number of rotatable bonds is 4. The van der Waals surface area contributed by atoms with Crippen molar-refractivity contribution in [1.82, 2.24) is 4.98 Å². The molecule has 6 heteroatoms. The highest BCUT2D eigenvalue weighted by molar-refractivity contribution is 7.10. The molecular formula is C20H15F2NO2S. The lowest BCUT2D eigenvalue weighted by molar-refractivity contribution is 0.209. The van der Waals surface area contributed by atoms with E-state index < -0.39 is 17.7 Å². The molecule has 2 atom stereocenters. The standard InChI is InChI=1S/C20H15F2NO2S/c21-13-5-6-14(16(22)9-13)20-18(19(24)12-3-1-7-23-10-12)15(11-25-20)17-4-2-8-26-17/h1-10,15,19,24H,11H2. The van der Waals surface area contributed by atoms with Crippen molar-refractivity contribution >= 4 is 17.1 Å². The Kier molecular flexibility index (Phi) is 4.53. The van der Waals surface area contributed by atoms with Crippen molar-refractivity contribution in [2.75, 3.05) is 6.61 Å². The summed E-state index contributed by atoms with van der Waals surface area (Å²) in [4.78, 5) is 5.06. The molecule has 3 nitrogen and oxygen atoms in total. The minimum atomic E-state index is -1.00. The van der Waals surface area contributed by atoms with Gasteiger partial charge in [-0.15, -0.1) is 11.3 Å². The molecule has 0 saturated heterocycles. The van der Waals surface area contributed by atoms with Crippen LogP contribution in [0.15, 0.2) is 65.8 Å². The van der Waals surface area contributed by atoms with Crippen LogP contribution in [0.2, 0.25) is 0 Å². The van der Waals surface area contributed by atoms with Crippen molar-refractivity contribution in [3.8, 4) is 0 Å². The van der Waals surface area contributed by atoms with Gasteiger partial charge >= 0.3 is 0 Å². The Balaban J connectivity index is 1.86. The molecular weight excluding hydrogens is 356 g/mol. The van der Waals surface area contributed by atoms with Crippen LogP contribution in [0.4, 0.5) is 8.78 Å². The van der Waals surface area contributed by atoms with Gasteiger partial charge in [0.15, 0.2) is 0 Å². The van der Waals surface area contributed by atoms with E-state index in [0.29, 0.717) is 17.7 Å². The molecule has 26 heavy (non-hydrogen) atoms. The third-order valence-corrected chi connectivity index (χ3v) is 5.38. The third-order valence-electron chi connectivity index (χ3n) is 4.39. The summed E-state index contributed by atoms with van der Waals surface area (Å²) in [5.41, 5.74) is 1.30. The number of nitrogens with zero attached hydrogens (tertiary/aromatic N) is 1. The van der Waals surface area contributed by atoms with E-state index in [4.69, 9.17) is 4.74 Å². The van der Waals surface area contributed by atoms with Crippen molar-refractivity contribution in [1.29, 1.82) is 0 Å². The Hall–Kier alpha value is -2.57. The van der Waals surface area contributed by atoms with Crippen molar-refractivity contribution in [2.45, 2.75) is 12.0 Å². The number of ether oxygens (including phenoxy) is 1. The summed E-state index contributed by atoms with van der Waals surface area (Å²) in [7, 11) is 0. The highest BCUT2D eigenvalue weighted by atomic mass is 32.1. The molecule has 0 saturated carbocycles. The number of hydrogen-bond donors (Lipinski definition) is 1. The highest BCUT2D eigenvalue weighted by Crippen LogP contribution is 2.46. The second kappa shape index (κ2) is 6.97. The lowest BCUT2D eigenvalue weighted by Crippen LogP contribution is -2.10. The number of thiophene rings is 1. The van der Waals surface area contributed by atoms with E-state index in [1.54, 1.807) is 35.9 Å². The smallest absolute Gasteiger partial charge is 0.137 e. The minimum absolute atomic E-state index is 0.142. The number of hydrogen-bond acceptors (Lipinski definition) is 4. The monoisotopic (exact) mass is 371 g/mol. The fraction of sp³-hybridized carbons (Fsp3) is 0.150. The van der Waals surface area contributed by atoms with Crippen molar-refractivity contribution in [2.24, 2.45) is 0 Å². The lowest BCUT2D eigenvalue weighted by Gasteiger charge is -2.18. The Morgan fingerprint density at radius 3 is 2.77 bits per heavy atom. The molecule has 4 rings (SSSR count). The predicted octanol–water partition coefficient (Wildman–Crippen LogP) is 4.68. The molecule has 0 radical (unpaired) electrons. The zero-order valence-corrected chi connectivity index (χ0v) is 14.4. The average Bonchev–Trinajstić information content (AvgIpc) is 3.31. The molecule has 2 unspecified atom stereocenters. The first kappa shape index (κ1) is 16.9. The van der Waals surface area contributed by atoms with Gasteiger partial charge in [0.25, 0.3) is 0 Å². The van der Waals surface area contributed by atoms with E-state index in [0.717, 1.165) is 10.9 Å². The minimum Gasteiger partial charge on any atom is -0.492 e. The van der Waals surface area contributed by atoms with Crippen LogP contribution in [0.25, 0.3) is 5.76 Å². The van der Waals surface area contributed by atoms with Crippen LogP contribution in [0.3, 0.4) is 0 Å². The van der Waals surface area contributed by atoms with Gasteiger partial charge in [-0.3, -0.25) is 4.98 Å². The molecule has 0 bridgehead atoms. The predicted molar refractivity (Wildman–Crippen MR) is 95.5 cm³/mol. The van der Waals surface area contributed by atoms with Gasteiger partial charge in [0, 0.05) is 34.5 Å². The van der Waals surface area contributed by atoms with Gasteiger partial charge in [-0.05, 0) is 29.6 Å². The van der Waals surface area contributed by atoms with Crippen molar-refractivity contribution < 1.29 is 18.6 Å². The highest BCUT2D eigenvalue weighted by Gasteiger charge is 2.36. The summed E-state index contributed by atoms with van der Waals surface area (Å²) in [5.74, 6) is -1.32. The molecule has 3 aromatic rings. The summed E-state index contributed by atoms with van der Waals surface area (Å²) in [5, 5.41) is 12.9. The largest absolute Gasteiger partial charge is 0.492 e. The lowest BCUT2D eigenvalue weighted by atomic mass is 9.89. The van der Waals surface area contributed by atoms with Gasteiger partial charge in [-0.25, -0.2) is 8.78 Å². The molecule has 3 heterocycles. The second-order valence-corrected chi connectivity index (χ2v) is 6.96. The van der Waals surface area contributed by atoms with Gasteiger partial charge in [-0.2, -0.15) is 0 Å². The van der Waals surface area contributed by atoms with Gasteiger partial charge in [0.1, 0.15) is 23.5 Å².